The second-order valence-electron chi connectivity index (χ2n) is 5.24. The van der Waals surface area contributed by atoms with Crippen LogP contribution in [0.4, 0.5) is 5.69 Å². The number of benzene rings is 1. The van der Waals surface area contributed by atoms with Crippen molar-refractivity contribution in [1.29, 1.82) is 0 Å². The van der Waals surface area contributed by atoms with Crippen molar-refractivity contribution in [3.05, 3.63) is 51.7 Å². The number of carbonyl (C=O) groups is 2. The van der Waals surface area contributed by atoms with E-state index in [-0.39, 0.29) is 24.4 Å². The number of amides is 2. The molecule has 2 heterocycles. The van der Waals surface area contributed by atoms with Gasteiger partial charge in [-0.1, -0.05) is 17.7 Å². The fourth-order valence-corrected chi connectivity index (χ4v) is 3.34. The number of rotatable bonds is 2. The van der Waals surface area contributed by atoms with Crippen LogP contribution in [0.3, 0.4) is 0 Å². The van der Waals surface area contributed by atoms with Gasteiger partial charge < -0.3 is 9.80 Å². The summed E-state index contributed by atoms with van der Waals surface area (Å²) in [6.07, 6.45) is 0. The fraction of sp³-hybridized carbons (Fsp3) is 0.250. The molecule has 6 heteroatoms. The van der Waals surface area contributed by atoms with E-state index in [1.165, 1.54) is 11.3 Å². The molecule has 1 fully saturated rings. The van der Waals surface area contributed by atoms with Gasteiger partial charge in [0.2, 0.25) is 5.91 Å². The van der Waals surface area contributed by atoms with Crippen molar-refractivity contribution < 1.29 is 9.59 Å². The first kappa shape index (κ1) is 15.1. The maximum atomic E-state index is 12.5. The Balaban J connectivity index is 1.78. The fourth-order valence-electron chi connectivity index (χ4n) is 2.54. The lowest BCUT2D eigenvalue weighted by Gasteiger charge is -2.39. The van der Waals surface area contributed by atoms with Gasteiger partial charge in [-0.2, -0.15) is 0 Å². The molecular formula is C16H15ClN2O2S. The maximum absolute atomic E-state index is 12.5. The number of anilines is 1. The minimum absolute atomic E-state index is 0.0389. The maximum Gasteiger partial charge on any atom is 0.264 e. The molecule has 1 aromatic carbocycles. The van der Waals surface area contributed by atoms with Crippen LogP contribution in [0.5, 0.6) is 0 Å². The van der Waals surface area contributed by atoms with Crippen molar-refractivity contribution in [3.63, 3.8) is 0 Å². The lowest BCUT2D eigenvalue weighted by atomic mass is 10.1. The molecule has 114 valence electrons. The van der Waals surface area contributed by atoms with E-state index in [9.17, 15) is 9.59 Å². The van der Waals surface area contributed by atoms with E-state index < -0.39 is 0 Å². The molecule has 2 aromatic rings. The van der Waals surface area contributed by atoms with Crippen LogP contribution >= 0.6 is 22.9 Å². The number of thiophene rings is 1. The summed E-state index contributed by atoms with van der Waals surface area (Å²) in [5.74, 6) is -0.156. The molecule has 4 nitrogen and oxygen atoms in total. The van der Waals surface area contributed by atoms with E-state index in [4.69, 9.17) is 11.6 Å². The molecule has 0 saturated carbocycles. The molecule has 22 heavy (non-hydrogen) atoms. The molecule has 0 unspecified atom stereocenters. The van der Waals surface area contributed by atoms with E-state index in [2.05, 4.69) is 0 Å². The number of halogens is 1. The topological polar surface area (TPSA) is 40.6 Å². The molecule has 0 N–H and O–H groups in total. The highest BCUT2D eigenvalue weighted by molar-refractivity contribution is 7.12. The van der Waals surface area contributed by atoms with E-state index in [1.54, 1.807) is 28.0 Å². The third-order valence-corrected chi connectivity index (χ3v) is 4.83. The summed E-state index contributed by atoms with van der Waals surface area (Å²) in [4.78, 5) is 28.9. The molecular weight excluding hydrogens is 320 g/mol. The Morgan fingerprint density at radius 2 is 2.00 bits per heavy atom. The zero-order chi connectivity index (χ0) is 15.7. The summed E-state index contributed by atoms with van der Waals surface area (Å²) >= 11 is 7.28. The van der Waals surface area contributed by atoms with Crippen LogP contribution in [0.2, 0.25) is 5.02 Å². The van der Waals surface area contributed by atoms with Gasteiger partial charge in [-0.25, -0.2) is 0 Å². The van der Waals surface area contributed by atoms with Crippen LogP contribution in [0.25, 0.3) is 0 Å². The molecule has 1 atom stereocenters. The highest BCUT2D eigenvalue weighted by atomic mass is 35.5. The lowest BCUT2D eigenvalue weighted by Crippen LogP contribution is -2.57. The van der Waals surface area contributed by atoms with Gasteiger partial charge in [-0.15, -0.1) is 11.3 Å². The molecule has 1 aromatic heterocycles. The minimum atomic E-state index is -0.0784. The van der Waals surface area contributed by atoms with E-state index in [0.29, 0.717) is 16.4 Å². The predicted octanol–water partition coefficient (Wildman–Crippen LogP) is 3.28. The first-order valence-electron chi connectivity index (χ1n) is 6.96. The third kappa shape index (κ3) is 2.87. The lowest BCUT2D eigenvalue weighted by molar-refractivity contribution is -0.121. The summed E-state index contributed by atoms with van der Waals surface area (Å²) in [7, 11) is 0. The van der Waals surface area contributed by atoms with Crippen LogP contribution in [0.15, 0.2) is 41.8 Å². The number of piperazine rings is 1. The summed E-state index contributed by atoms with van der Waals surface area (Å²) < 4.78 is 0. The number of nitrogens with zero attached hydrogens (tertiary/aromatic N) is 2. The molecule has 3 rings (SSSR count). The van der Waals surface area contributed by atoms with Crippen molar-refractivity contribution in [2.24, 2.45) is 0 Å². The third-order valence-electron chi connectivity index (χ3n) is 3.72. The quantitative estimate of drug-likeness (QED) is 0.845. The Bertz CT molecular complexity index is 685. The standard InChI is InChI=1S/C16H15ClN2O2S/c1-11-9-19(13-6-4-12(17)5-7-13)15(20)10-18(11)16(21)14-3-2-8-22-14/h2-8,11H,9-10H2,1H3/t11-/m1/s1. The molecule has 0 aliphatic carbocycles. The van der Waals surface area contributed by atoms with Gasteiger partial charge in [0.05, 0.1) is 4.88 Å². The van der Waals surface area contributed by atoms with Gasteiger partial charge in [0.1, 0.15) is 6.54 Å². The summed E-state index contributed by atoms with van der Waals surface area (Å²) in [6.45, 7) is 2.54. The van der Waals surface area contributed by atoms with E-state index in [0.717, 1.165) is 5.69 Å². The molecule has 1 aliphatic heterocycles. The molecule has 0 bridgehead atoms. The van der Waals surface area contributed by atoms with Crippen molar-refractivity contribution in [2.45, 2.75) is 13.0 Å². The Morgan fingerprint density at radius 3 is 2.64 bits per heavy atom. The minimum Gasteiger partial charge on any atom is -0.324 e. The average Bonchev–Trinajstić information content (AvgIpc) is 3.04. The number of hydrogen-bond donors (Lipinski definition) is 0. The molecule has 0 spiro atoms. The van der Waals surface area contributed by atoms with E-state index in [1.807, 2.05) is 30.5 Å². The Labute approximate surface area is 137 Å². The van der Waals surface area contributed by atoms with Crippen molar-refractivity contribution >= 4 is 40.4 Å². The number of carbonyl (C=O) groups excluding carboxylic acids is 2. The van der Waals surface area contributed by atoms with E-state index >= 15 is 0 Å². The van der Waals surface area contributed by atoms with Gasteiger partial charge in [-0.05, 0) is 42.6 Å². The normalized spacial score (nSPS) is 18.6. The monoisotopic (exact) mass is 334 g/mol. The molecule has 1 aliphatic rings. The summed E-state index contributed by atoms with van der Waals surface area (Å²) in [5.41, 5.74) is 0.810. The largest absolute Gasteiger partial charge is 0.324 e. The average molecular weight is 335 g/mol. The highest BCUT2D eigenvalue weighted by Gasteiger charge is 2.33. The second-order valence-corrected chi connectivity index (χ2v) is 6.62. The smallest absolute Gasteiger partial charge is 0.264 e. The van der Waals surface area contributed by atoms with Crippen molar-refractivity contribution in [1.82, 2.24) is 4.90 Å². The molecule has 2 amide bonds. The van der Waals surface area contributed by atoms with Crippen LogP contribution in [-0.2, 0) is 4.79 Å². The zero-order valence-corrected chi connectivity index (χ0v) is 13.6. The van der Waals surface area contributed by atoms with Gasteiger partial charge >= 0.3 is 0 Å². The van der Waals surface area contributed by atoms with Crippen LogP contribution in [0, 0.1) is 0 Å². The first-order valence-corrected chi connectivity index (χ1v) is 8.22. The van der Waals surface area contributed by atoms with Crippen molar-refractivity contribution in [3.8, 4) is 0 Å². The summed E-state index contributed by atoms with van der Waals surface area (Å²) in [6, 6.07) is 10.8. The number of hydrogen-bond acceptors (Lipinski definition) is 3. The predicted molar refractivity (Wildman–Crippen MR) is 88.6 cm³/mol. The van der Waals surface area contributed by atoms with Crippen molar-refractivity contribution in [2.75, 3.05) is 18.0 Å². The van der Waals surface area contributed by atoms with Crippen LogP contribution in [-0.4, -0.2) is 35.8 Å². The molecule has 1 saturated heterocycles. The van der Waals surface area contributed by atoms with Gasteiger partial charge in [-0.3, -0.25) is 9.59 Å². The van der Waals surface area contributed by atoms with Crippen LogP contribution < -0.4 is 4.90 Å². The highest BCUT2D eigenvalue weighted by Crippen LogP contribution is 2.24. The SMILES string of the molecule is C[C@@H]1CN(c2ccc(Cl)cc2)C(=O)CN1C(=O)c1cccs1. The molecule has 0 radical (unpaired) electrons. The van der Waals surface area contributed by atoms with Gasteiger partial charge in [0, 0.05) is 23.3 Å². The van der Waals surface area contributed by atoms with Gasteiger partial charge in [0.25, 0.3) is 5.91 Å². The Morgan fingerprint density at radius 1 is 1.27 bits per heavy atom. The van der Waals surface area contributed by atoms with Crippen LogP contribution in [0.1, 0.15) is 16.6 Å². The first-order chi connectivity index (χ1) is 10.6. The Hall–Kier alpha value is -1.85. The zero-order valence-electron chi connectivity index (χ0n) is 12.0. The Kier molecular flexibility index (Phi) is 4.18. The second kappa shape index (κ2) is 6.10. The van der Waals surface area contributed by atoms with Gasteiger partial charge in [0.15, 0.2) is 0 Å². The summed E-state index contributed by atoms with van der Waals surface area (Å²) in [5, 5.41) is 2.50.